The molecule has 4 nitrogen and oxygen atoms in total. The van der Waals surface area contributed by atoms with Crippen LogP contribution < -0.4 is 10.9 Å². The van der Waals surface area contributed by atoms with Gasteiger partial charge in [-0.2, -0.15) is 0 Å². The summed E-state index contributed by atoms with van der Waals surface area (Å²) in [6.07, 6.45) is 1.90. The fraction of sp³-hybridized carbons (Fsp3) is 0.273. The smallest absolute Gasteiger partial charge is 0.272 e. The molecule has 2 atom stereocenters. The van der Waals surface area contributed by atoms with Crippen molar-refractivity contribution in [3.8, 4) is 0 Å². The van der Waals surface area contributed by atoms with E-state index in [9.17, 15) is 9.59 Å². The Bertz CT molecular complexity index is 501. The summed E-state index contributed by atoms with van der Waals surface area (Å²) in [5.41, 5.74) is 4.86. The summed E-state index contributed by atoms with van der Waals surface area (Å²) in [5, 5.41) is 1.63. The fourth-order valence-corrected chi connectivity index (χ4v) is 3.98. The van der Waals surface area contributed by atoms with Gasteiger partial charge < -0.3 is 0 Å². The van der Waals surface area contributed by atoms with Crippen molar-refractivity contribution in [1.82, 2.24) is 10.9 Å². The first-order valence-electron chi connectivity index (χ1n) is 5.21. The number of hydrogen-bond acceptors (Lipinski definition) is 4. The molecule has 2 rings (SSSR count). The molecule has 2 N–H and O–H groups in total. The first-order valence-corrected chi connectivity index (χ1v) is 7.88. The third-order valence-corrected chi connectivity index (χ3v) is 5.60. The lowest BCUT2D eigenvalue weighted by Gasteiger charge is -2.13. The fourth-order valence-electron chi connectivity index (χ4n) is 1.40. The van der Waals surface area contributed by atoms with Gasteiger partial charge in [0.2, 0.25) is 0 Å². The lowest BCUT2D eigenvalue weighted by molar-refractivity contribution is -0.121. The van der Waals surface area contributed by atoms with Crippen molar-refractivity contribution in [3.63, 3.8) is 0 Å². The van der Waals surface area contributed by atoms with Crippen LogP contribution in [0.4, 0.5) is 0 Å². The molecular formula is C11H11BrN2O2S2. The van der Waals surface area contributed by atoms with E-state index in [4.69, 9.17) is 0 Å². The van der Waals surface area contributed by atoms with Crippen LogP contribution in [0.5, 0.6) is 0 Å². The maximum atomic E-state index is 11.8. The summed E-state index contributed by atoms with van der Waals surface area (Å²) < 4.78 is 0. The van der Waals surface area contributed by atoms with Crippen LogP contribution in [-0.4, -0.2) is 21.9 Å². The van der Waals surface area contributed by atoms with E-state index >= 15 is 0 Å². The maximum Gasteiger partial charge on any atom is 0.279 e. The molecule has 96 valence electrons. The zero-order valence-electron chi connectivity index (χ0n) is 9.48. The number of nitrogens with one attached hydrogen (secondary N) is 2. The van der Waals surface area contributed by atoms with Crippen molar-refractivity contribution in [2.24, 2.45) is 0 Å². The molecule has 0 aromatic carbocycles. The number of carbonyl (C=O) groups is 2. The molecule has 1 aliphatic rings. The SMILES string of the molecule is Cc1ccc(C(=O)NNC(=O)C2SC=CC2Br)s1. The van der Waals surface area contributed by atoms with E-state index in [0.717, 1.165) is 4.88 Å². The first-order chi connectivity index (χ1) is 8.58. The Morgan fingerprint density at radius 2 is 2.11 bits per heavy atom. The van der Waals surface area contributed by atoms with Gasteiger partial charge in [0, 0.05) is 4.88 Å². The maximum absolute atomic E-state index is 11.8. The van der Waals surface area contributed by atoms with Crippen LogP contribution in [0.3, 0.4) is 0 Å². The van der Waals surface area contributed by atoms with Gasteiger partial charge in [-0.3, -0.25) is 20.4 Å². The Hall–Kier alpha value is -0.790. The minimum atomic E-state index is -0.288. The van der Waals surface area contributed by atoms with Crippen LogP contribution >= 0.6 is 39.0 Å². The van der Waals surface area contributed by atoms with Gasteiger partial charge in [0.25, 0.3) is 11.8 Å². The van der Waals surface area contributed by atoms with E-state index in [2.05, 4.69) is 26.8 Å². The molecule has 1 aromatic rings. The van der Waals surface area contributed by atoms with Gasteiger partial charge in [-0.15, -0.1) is 23.1 Å². The molecule has 0 spiro atoms. The largest absolute Gasteiger partial charge is 0.279 e. The van der Waals surface area contributed by atoms with Gasteiger partial charge in [-0.25, -0.2) is 0 Å². The highest BCUT2D eigenvalue weighted by molar-refractivity contribution is 9.09. The van der Waals surface area contributed by atoms with Crippen molar-refractivity contribution >= 4 is 50.8 Å². The Kier molecular flexibility index (Phi) is 4.47. The third-order valence-electron chi connectivity index (χ3n) is 2.30. The van der Waals surface area contributed by atoms with Gasteiger partial charge in [0.15, 0.2) is 0 Å². The number of alkyl halides is 1. The molecule has 0 radical (unpaired) electrons. The number of halogens is 1. The number of allylic oxidation sites excluding steroid dienone is 1. The molecule has 0 saturated heterocycles. The molecule has 2 unspecified atom stereocenters. The van der Waals surface area contributed by atoms with E-state index in [0.29, 0.717) is 4.88 Å². The van der Waals surface area contributed by atoms with E-state index in [1.165, 1.54) is 23.1 Å². The lowest BCUT2D eigenvalue weighted by Crippen LogP contribution is -2.46. The monoisotopic (exact) mass is 346 g/mol. The summed E-state index contributed by atoms with van der Waals surface area (Å²) in [5.74, 6) is -0.503. The van der Waals surface area contributed by atoms with Crippen molar-refractivity contribution in [1.29, 1.82) is 0 Å². The number of rotatable bonds is 2. The average Bonchev–Trinajstić information content (AvgIpc) is 2.94. The summed E-state index contributed by atoms with van der Waals surface area (Å²) in [6.45, 7) is 1.93. The number of carbonyl (C=O) groups excluding carboxylic acids is 2. The van der Waals surface area contributed by atoms with Crippen molar-refractivity contribution in [3.05, 3.63) is 33.4 Å². The Balaban J connectivity index is 1.85. The van der Waals surface area contributed by atoms with E-state index in [1.54, 1.807) is 6.07 Å². The van der Waals surface area contributed by atoms with Gasteiger partial charge in [0.05, 0.1) is 9.70 Å². The summed E-state index contributed by atoms with van der Waals surface area (Å²) in [6, 6.07) is 3.60. The highest BCUT2D eigenvalue weighted by Crippen LogP contribution is 2.29. The zero-order chi connectivity index (χ0) is 13.1. The van der Waals surface area contributed by atoms with E-state index in [-0.39, 0.29) is 21.9 Å². The second kappa shape index (κ2) is 5.90. The Morgan fingerprint density at radius 3 is 2.67 bits per heavy atom. The van der Waals surface area contributed by atoms with Crippen LogP contribution in [-0.2, 0) is 4.79 Å². The second-order valence-electron chi connectivity index (χ2n) is 3.68. The van der Waals surface area contributed by atoms with E-state index < -0.39 is 0 Å². The molecule has 0 aliphatic carbocycles. The average molecular weight is 347 g/mol. The molecular weight excluding hydrogens is 336 g/mol. The third kappa shape index (κ3) is 3.15. The molecule has 18 heavy (non-hydrogen) atoms. The number of thioether (sulfide) groups is 1. The second-order valence-corrected chi connectivity index (χ2v) is 7.08. The number of hydrogen-bond donors (Lipinski definition) is 2. The van der Waals surface area contributed by atoms with Crippen LogP contribution in [0.2, 0.25) is 0 Å². The summed E-state index contributed by atoms with van der Waals surface area (Å²) in [4.78, 5) is 25.1. The molecule has 0 fully saturated rings. The predicted molar refractivity (Wildman–Crippen MR) is 77.9 cm³/mol. The van der Waals surface area contributed by atoms with Gasteiger partial charge in [-0.1, -0.05) is 22.0 Å². The van der Waals surface area contributed by atoms with E-state index in [1.807, 2.05) is 24.5 Å². The van der Waals surface area contributed by atoms with Crippen molar-refractivity contribution in [2.45, 2.75) is 17.0 Å². The number of thiophene rings is 1. The van der Waals surface area contributed by atoms with Crippen LogP contribution in [0.15, 0.2) is 23.6 Å². The highest BCUT2D eigenvalue weighted by Gasteiger charge is 2.28. The normalized spacial score (nSPS) is 21.9. The number of aryl methyl sites for hydroxylation is 1. The predicted octanol–water partition coefficient (Wildman–Crippen LogP) is 2.21. The molecule has 1 aliphatic heterocycles. The van der Waals surface area contributed by atoms with Crippen LogP contribution in [0, 0.1) is 6.92 Å². The minimum absolute atomic E-state index is 0.00313. The molecule has 0 saturated carbocycles. The first kappa shape index (κ1) is 13.6. The van der Waals surface area contributed by atoms with Crippen LogP contribution in [0.1, 0.15) is 14.5 Å². The quantitative estimate of drug-likeness (QED) is 0.637. The van der Waals surface area contributed by atoms with Gasteiger partial charge in [0.1, 0.15) is 5.25 Å². The molecule has 1 aromatic heterocycles. The zero-order valence-corrected chi connectivity index (χ0v) is 12.7. The minimum Gasteiger partial charge on any atom is -0.272 e. The van der Waals surface area contributed by atoms with Gasteiger partial charge >= 0.3 is 0 Å². The summed E-state index contributed by atoms with van der Waals surface area (Å²) in [7, 11) is 0. The van der Waals surface area contributed by atoms with Crippen molar-refractivity contribution < 1.29 is 9.59 Å². The molecule has 2 heterocycles. The Labute approximate surface area is 121 Å². The number of hydrazine groups is 1. The standard InChI is InChI=1S/C11H11BrN2O2S2/c1-6-2-3-8(18-6)10(15)13-14-11(16)9-7(12)4-5-17-9/h2-5,7,9H,1H3,(H,13,15)(H,14,16). The molecule has 2 amide bonds. The molecule has 0 bridgehead atoms. The highest BCUT2D eigenvalue weighted by atomic mass is 79.9. The lowest BCUT2D eigenvalue weighted by atomic mass is 10.3. The van der Waals surface area contributed by atoms with Crippen molar-refractivity contribution in [2.75, 3.05) is 0 Å². The Morgan fingerprint density at radius 1 is 1.33 bits per heavy atom. The number of amides is 2. The van der Waals surface area contributed by atoms with Gasteiger partial charge in [-0.05, 0) is 24.5 Å². The summed E-state index contributed by atoms with van der Waals surface area (Å²) >= 11 is 6.19. The molecule has 7 heteroatoms. The topological polar surface area (TPSA) is 58.2 Å². The van der Waals surface area contributed by atoms with Crippen LogP contribution in [0.25, 0.3) is 0 Å².